The number of rotatable bonds is 5. The third-order valence-corrected chi connectivity index (χ3v) is 7.16. The number of nitro benzene ring substituents is 1. The van der Waals surface area contributed by atoms with Crippen LogP contribution in [0.1, 0.15) is 18.4 Å². The molecule has 0 atom stereocenters. The summed E-state index contributed by atoms with van der Waals surface area (Å²) in [5.41, 5.74) is 1.74. The SMILES string of the molecule is Cc1ccc([N+](=O)[O-])cc1S(=O)(=O)N1CCC(Oc2cnc3ccccc3n2)CC1. The molecule has 10 heteroatoms. The molecule has 4 rings (SSSR count). The van der Waals surface area contributed by atoms with Crippen molar-refractivity contribution >= 4 is 26.7 Å². The van der Waals surface area contributed by atoms with Gasteiger partial charge >= 0.3 is 0 Å². The predicted molar refractivity (Wildman–Crippen MR) is 110 cm³/mol. The smallest absolute Gasteiger partial charge is 0.270 e. The van der Waals surface area contributed by atoms with Gasteiger partial charge in [-0.1, -0.05) is 18.2 Å². The molecule has 0 spiro atoms. The molecule has 30 heavy (non-hydrogen) atoms. The summed E-state index contributed by atoms with van der Waals surface area (Å²) >= 11 is 0. The largest absolute Gasteiger partial charge is 0.473 e. The zero-order chi connectivity index (χ0) is 21.3. The van der Waals surface area contributed by atoms with Crippen LogP contribution >= 0.6 is 0 Å². The molecule has 2 aromatic carbocycles. The highest BCUT2D eigenvalue weighted by molar-refractivity contribution is 7.89. The number of non-ortho nitro benzene ring substituents is 1. The van der Waals surface area contributed by atoms with Crippen LogP contribution in [-0.4, -0.2) is 46.8 Å². The normalized spacial score (nSPS) is 15.9. The molecule has 1 aliphatic rings. The van der Waals surface area contributed by atoms with Crippen LogP contribution in [0.15, 0.2) is 53.6 Å². The number of para-hydroxylation sites is 2. The summed E-state index contributed by atoms with van der Waals surface area (Å²) in [7, 11) is -3.83. The number of piperidine rings is 1. The molecule has 156 valence electrons. The fourth-order valence-corrected chi connectivity index (χ4v) is 5.19. The van der Waals surface area contributed by atoms with Crippen LogP contribution in [0.5, 0.6) is 5.88 Å². The standard InChI is InChI=1S/C20H20N4O5S/c1-14-6-7-15(24(25)26)12-19(14)30(27,28)23-10-8-16(9-11-23)29-20-13-21-17-4-2-3-5-18(17)22-20/h2-7,12-13,16H,8-11H2,1H3. The zero-order valence-corrected chi connectivity index (χ0v) is 17.1. The van der Waals surface area contributed by atoms with Crippen LogP contribution in [0.2, 0.25) is 0 Å². The van der Waals surface area contributed by atoms with Gasteiger partial charge in [-0.25, -0.2) is 18.4 Å². The number of aryl methyl sites for hydroxylation is 1. The van der Waals surface area contributed by atoms with E-state index in [-0.39, 0.29) is 29.8 Å². The molecule has 1 saturated heterocycles. The third kappa shape index (κ3) is 3.96. The summed E-state index contributed by atoms with van der Waals surface area (Å²) in [6, 6.07) is 11.4. The van der Waals surface area contributed by atoms with Crippen LogP contribution in [0.25, 0.3) is 11.0 Å². The van der Waals surface area contributed by atoms with Crippen LogP contribution in [-0.2, 0) is 10.0 Å². The van der Waals surface area contributed by atoms with Gasteiger partial charge in [-0.3, -0.25) is 10.1 Å². The lowest BCUT2D eigenvalue weighted by Gasteiger charge is -2.31. The maximum atomic E-state index is 13.0. The highest BCUT2D eigenvalue weighted by Crippen LogP contribution is 2.28. The molecule has 9 nitrogen and oxygen atoms in total. The lowest BCUT2D eigenvalue weighted by atomic mass is 10.1. The summed E-state index contributed by atoms with van der Waals surface area (Å²) in [6.45, 7) is 2.15. The van der Waals surface area contributed by atoms with Gasteiger partial charge in [-0.15, -0.1) is 0 Å². The number of nitrogens with zero attached hydrogens (tertiary/aromatic N) is 4. The highest BCUT2D eigenvalue weighted by atomic mass is 32.2. The van der Waals surface area contributed by atoms with Crippen LogP contribution in [0.4, 0.5) is 5.69 Å². The molecule has 3 aromatic rings. The molecule has 0 amide bonds. The molecular weight excluding hydrogens is 408 g/mol. The van der Waals surface area contributed by atoms with Gasteiger partial charge in [0.05, 0.1) is 27.0 Å². The van der Waals surface area contributed by atoms with Crippen molar-refractivity contribution in [2.45, 2.75) is 30.8 Å². The van der Waals surface area contributed by atoms with Crippen molar-refractivity contribution in [2.75, 3.05) is 13.1 Å². The summed E-state index contributed by atoms with van der Waals surface area (Å²) in [6.07, 6.45) is 2.36. The number of fused-ring (bicyclic) bond motifs is 1. The number of sulfonamides is 1. The first kappa shape index (κ1) is 20.2. The summed E-state index contributed by atoms with van der Waals surface area (Å²) < 4.78 is 33.3. The Morgan fingerprint density at radius 2 is 1.83 bits per heavy atom. The van der Waals surface area contributed by atoms with Crippen molar-refractivity contribution in [3.63, 3.8) is 0 Å². The van der Waals surface area contributed by atoms with E-state index in [1.165, 1.54) is 16.4 Å². The molecule has 0 saturated carbocycles. The number of nitro groups is 1. The lowest BCUT2D eigenvalue weighted by Crippen LogP contribution is -2.42. The van der Waals surface area contributed by atoms with Gasteiger partial charge in [0.1, 0.15) is 6.10 Å². The number of aromatic nitrogens is 2. The van der Waals surface area contributed by atoms with E-state index in [9.17, 15) is 18.5 Å². The second-order valence-electron chi connectivity index (χ2n) is 7.13. The molecule has 0 N–H and O–H groups in total. The summed E-state index contributed by atoms with van der Waals surface area (Å²) in [4.78, 5) is 19.2. The molecule has 1 fully saturated rings. The third-order valence-electron chi connectivity index (χ3n) is 5.12. The Bertz CT molecular complexity index is 1210. The number of hydrogen-bond donors (Lipinski definition) is 0. The molecule has 1 aliphatic heterocycles. The maximum Gasteiger partial charge on any atom is 0.270 e. The fourth-order valence-electron chi connectivity index (χ4n) is 3.48. The quantitative estimate of drug-likeness (QED) is 0.453. The summed E-state index contributed by atoms with van der Waals surface area (Å²) in [5.74, 6) is 0.407. The van der Waals surface area contributed by atoms with Crippen molar-refractivity contribution in [3.8, 4) is 5.88 Å². The van der Waals surface area contributed by atoms with Gasteiger partial charge in [0.15, 0.2) is 0 Å². The Morgan fingerprint density at radius 3 is 2.53 bits per heavy atom. The molecule has 0 radical (unpaired) electrons. The van der Waals surface area contributed by atoms with Gasteiger partial charge in [-0.05, 0) is 37.5 Å². The zero-order valence-electron chi connectivity index (χ0n) is 16.3. The van der Waals surface area contributed by atoms with Crippen molar-refractivity contribution in [2.24, 2.45) is 0 Å². The number of ether oxygens (including phenoxy) is 1. The minimum absolute atomic E-state index is 0.0311. The van der Waals surface area contributed by atoms with E-state index < -0.39 is 14.9 Å². The minimum Gasteiger partial charge on any atom is -0.473 e. The Balaban J connectivity index is 1.46. The van der Waals surface area contributed by atoms with Gasteiger partial charge in [-0.2, -0.15) is 4.31 Å². The van der Waals surface area contributed by atoms with Gasteiger partial charge < -0.3 is 4.74 Å². The lowest BCUT2D eigenvalue weighted by molar-refractivity contribution is -0.385. The van der Waals surface area contributed by atoms with Gasteiger partial charge in [0, 0.05) is 25.2 Å². The topological polar surface area (TPSA) is 116 Å². The Morgan fingerprint density at radius 1 is 1.13 bits per heavy atom. The Hall–Kier alpha value is -3.11. The molecular formula is C20H20N4O5S. The summed E-state index contributed by atoms with van der Waals surface area (Å²) in [5, 5.41) is 11.0. The highest BCUT2D eigenvalue weighted by Gasteiger charge is 2.32. The monoisotopic (exact) mass is 428 g/mol. The second-order valence-corrected chi connectivity index (χ2v) is 9.03. The van der Waals surface area contributed by atoms with Crippen molar-refractivity contribution in [1.82, 2.24) is 14.3 Å². The number of hydrogen-bond acceptors (Lipinski definition) is 7. The molecule has 1 aromatic heterocycles. The van der Waals surface area contributed by atoms with Crippen LogP contribution in [0.3, 0.4) is 0 Å². The van der Waals surface area contributed by atoms with Crippen LogP contribution in [0, 0.1) is 17.0 Å². The average molecular weight is 428 g/mol. The molecule has 0 bridgehead atoms. The average Bonchev–Trinajstić information content (AvgIpc) is 2.74. The van der Waals surface area contributed by atoms with E-state index in [0.717, 1.165) is 17.1 Å². The predicted octanol–water partition coefficient (Wildman–Crippen LogP) is 3.08. The molecule has 0 aliphatic carbocycles. The first-order valence-corrected chi connectivity index (χ1v) is 10.9. The second kappa shape index (κ2) is 7.96. The Labute approximate surface area is 173 Å². The first-order valence-electron chi connectivity index (χ1n) is 9.48. The number of benzene rings is 2. The van der Waals surface area contributed by atoms with E-state index >= 15 is 0 Å². The Kier molecular flexibility index (Phi) is 5.35. The van der Waals surface area contributed by atoms with Gasteiger partial charge in [0.2, 0.25) is 15.9 Å². The van der Waals surface area contributed by atoms with Crippen molar-refractivity contribution in [1.29, 1.82) is 0 Å². The van der Waals surface area contributed by atoms with Crippen molar-refractivity contribution in [3.05, 3.63) is 64.3 Å². The first-order chi connectivity index (χ1) is 14.3. The molecule has 0 unspecified atom stereocenters. The molecule has 2 heterocycles. The van der Waals surface area contributed by atoms with Crippen LogP contribution < -0.4 is 4.74 Å². The van der Waals surface area contributed by atoms with E-state index in [0.29, 0.717) is 24.3 Å². The fraction of sp³-hybridized carbons (Fsp3) is 0.300. The van der Waals surface area contributed by atoms with E-state index in [2.05, 4.69) is 9.97 Å². The van der Waals surface area contributed by atoms with E-state index in [1.807, 2.05) is 24.3 Å². The van der Waals surface area contributed by atoms with E-state index in [4.69, 9.17) is 4.74 Å². The maximum absolute atomic E-state index is 13.0. The minimum atomic E-state index is -3.83. The van der Waals surface area contributed by atoms with Gasteiger partial charge in [0.25, 0.3) is 5.69 Å². The van der Waals surface area contributed by atoms with Crippen molar-refractivity contribution < 1.29 is 18.1 Å². The van der Waals surface area contributed by atoms with E-state index in [1.54, 1.807) is 13.1 Å².